The number of aryl methyl sites for hydroxylation is 3. The van der Waals surface area contributed by atoms with E-state index < -0.39 is 0 Å². The number of tetrazole rings is 1. The Hall–Kier alpha value is -2.67. The summed E-state index contributed by atoms with van der Waals surface area (Å²) in [6, 6.07) is 12.2. The van der Waals surface area contributed by atoms with Crippen LogP contribution in [0.1, 0.15) is 48.9 Å². The molecule has 0 saturated heterocycles. The maximum atomic E-state index is 12.9. The molecule has 0 radical (unpaired) electrons. The van der Waals surface area contributed by atoms with Gasteiger partial charge in [-0.05, 0) is 78.4 Å². The first kappa shape index (κ1) is 21.0. The van der Waals surface area contributed by atoms with Crippen LogP contribution in [0.3, 0.4) is 0 Å². The van der Waals surface area contributed by atoms with Crippen molar-refractivity contribution in [2.75, 3.05) is 5.32 Å². The molecule has 7 heteroatoms. The second-order valence-corrected chi connectivity index (χ2v) is 8.89. The van der Waals surface area contributed by atoms with Crippen molar-refractivity contribution in [2.24, 2.45) is 0 Å². The smallest absolute Gasteiger partial charge is 0.237 e. The molecule has 152 valence electrons. The van der Waals surface area contributed by atoms with E-state index in [4.69, 9.17) is 0 Å². The Labute approximate surface area is 176 Å². The van der Waals surface area contributed by atoms with Crippen LogP contribution >= 0.6 is 11.8 Å². The molecule has 0 fully saturated rings. The maximum Gasteiger partial charge on any atom is 0.237 e. The third-order valence-corrected chi connectivity index (χ3v) is 6.04. The highest BCUT2D eigenvalue weighted by Crippen LogP contribution is 2.29. The van der Waals surface area contributed by atoms with Crippen LogP contribution in [0.4, 0.5) is 5.69 Å². The predicted molar refractivity (Wildman–Crippen MR) is 118 cm³/mol. The first-order chi connectivity index (χ1) is 13.8. The minimum atomic E-state index is -0.356. The minimum absolute atomic E-state index is 0.0687. The Morgan fingerprint density at radius 2 is 1.79 bits per heavy atom. The Kier molecular flexibility index (Phi) is 6.37. The number of amides is 1. The SMILES string of the molecule is Cc1ccc(-n2nnnc2SC(C)C(=O)Nc2c(C)cccc2C(C)C)cc1C. The lowest BCUT2D eigenvalue weighted by Gasteiger charge is -2.18. The van der Waals surface area contributed by atoms with Gasteiger partial charge in [-0.15, -0.1) is 5.10 Å². The van der Waals surface area contributed by atoms with E-state index in [-0.39, 0.29) is 11.2 Å². The molecular formula is C22H27N5OS. The van der Waals surface area contributed by atoms with Crippen molar-refractivity contribution in [2.45, 2.75) is 57.9 Å². The summed E-state index contributed by atoms with van der Waals surface area (Å²) < 4.78 is 1.67. The van der Waals surface area contributed by atoms with Gasteiger partial charge in [-0.2, -0.15) is 4.68 Å². The molecule has 6 nitrogen and oxygen atoms in total. The van der Waals surface area contributed by atoms with E-state index in [1.807, 2.05) is 44.2 Å². The minimum Gasteiger partial charge on any atom is -0.325 e. The van der Waals surface area contributed by atoms with Gasteiger partial charge in [0.25, 0.3) is 0 Å². The quantitative estimate of drug-likeness (QED) is 0.590. The molecule has 0 saturated carbocycles. The third-order valence-electron chi connectivity index (χ3n) is 5.00. The summed E-state index contributed by atoms with van der Waals surface area (Å²) in [5.74, 6) is 0.256. The zero-order chi connectivity index (χ0) is 21.1. The van der Waals surface area contributed by atoms with Crippen LogP contribution in [-0.2, 0) is 4.79 Å². The average molecular weight is 410 g/mol. The highest BCUT2D eigenvalue weighted by molar-refractivity contribution is 8.00. The van der Waals surface area contributed by atoms with E-state index in [1.165, 1.54) is 22.9 Å². The van der Waals surface area contributed by atoms with Gasteiger partial charge >= 0.3 is 0 Å². The average Bonchev–Trinajstić information content (AvgIpc) is 3.13. The molecule has 3 aromatic rings. The summed E-state index contributed by atoms with van der Waals surface area (Å²) >= 11 is 1.34. The summed E-state index contributed by atoms with van der Waals surface area (Å²) in [6.07, 6.45) is 0. The van der Waals surface area contributed by atoms with E-state index in [2.05, 4.69) is 54.6 Å². The number of anilines is 1. The molecule has 1 unspecified atom stereocenters. The lowest BCUT2D eigenvalue weighted by atomic mass is 9.98. The van der Waals surface area contributed by atoms with Crippen LogP contribution < -0.4 is 5.32 Å². The van der Waals surface area contributed by atoms with Gasteiger partial charge in [-0.3, -0.25) is 4.79 Å². The predicted octanol–water partition coefficient (Wildman–Crippen LogP) is 4.83. The number of nitrogens with zero attached hydrogens (tertiary/aromatic N) is 4. The fourth-order valence-electron chi connectivity index (χ4n) is 3.05. The van der Waals surface area contributed by atoms with Gasteiger partial charge in [0.2, 0.25) is 11.1 Å². The van der Waals surface area contributed by atoms with Crippen molar-refractivity contribution in [3.05, 3.63) is 58.7 Å². The number of carbonyl (C=O) groups is 1. The van der Waals surface area contributed by atoms with E-state index in [0.717, 1.165) is 22.5 Å². The van der Waals surface area contributed by atoms with Crippen LogP contribution in [0, 0.1) is 20.8 Å². The lowest BCUT2D eigenvalue weighted by molar-refractivity contribution is -0.115. The van der Waals surface area contributed by atoms with Gasteiger partial charge < -0.3 is 5.32 Å². The van der Waals surface area contributed by atoms with Crippen molar-refractivity contribution in [3.63, 3.8) is 0 Å². The Bertz CT molecular complexity index is 1030. The van der Waals surface area contributed by atoms with E-state index in [9.17, 15) is 4.79 Å². The van der Waals surface area contributed by atoms with Gasteiger partial charge in [-0.1, -0.05) is 49.9 Å². The number of nitrogens with one attached hydrogen (secondary N) is 1. The number of hydrogen-bond acceptors (Lipinski definition) is 5. The second-order valence-electron chi connectivity index (χ2n) is 7.58. The van der Waals surface area contributed by atoms with Gasteiger partial charge in [0.05, 0.1) is 10.9 Å². The molecular weight excluding hydrogens is 382 g/mol. The van der Waals surface area contributed by atoms with E-state index in [1.54, 1.807) is 4.68 Å². The summed E-state index contributed by atoms with van der Waals surface area (Å²) in [4.78, 5) is 12.9. The number of aromatic nitrogens is 4. The summed E-state index contributed by atoms with van der Waals surface area (Å²) in [7, 11) is 0. The number of thioether (sulfide) groups is 1. The molecule has 3 rings (SSSR count). The van der Waals surface area contributed by atoms with Crippen molar-refractivity contribution in [1.82, 2.24) is 20.2 Å². The zero-order valence-corrected chi connectivity index (χ0v) is 18.5. The fraction of sp³-hybridized carbons (Fsp3) is 0.364. The highest BCUT2D eigenvalue weighted by Gasteiger charge is 2.21. The molecule has 29 heavy (non-hydrogen) atoms. The topological polar surface area (TPSA) is 72.7 Å². The first-order valence-electron chi connectivity index (χ1n) is 9.71. The van der Waals surface area contributed by atoms with Crippen molar-refractivity contribution >= 4 is 23.4 Å². The molecule has 1 amide bonds. The van der Waals surface area contributed by atoms with Gasteiger partial charge in [0, 0.05) is 5.69 Å². The van der Waals surface area contributed by atoms with Crippen molar-refractivity contribution in [3.8, 4) is 5.69 Å². The van der Waals surface area contributed by atoms with Crippen LogP contribution in [-0.4, -0.2) is 31.4 Å². The summed E-state index contributed by atoms with van der Waals surface area (Å²) in [5, 5.41) is 15.4. The maximum absolute atomic E-state index is 12.9. The Morgan fingerprint density at radius 1 is 1.03 bits per heavy atom. The van der Waals surface area contributed by atoms with E-state index >= 15 is 0 Å². The standard InChI is InChI=1S/C22H27N5OS/c1-13(2)19-9-7-8-15(4)20(19)23-21(28)17(6)29-22-24-25-26-27(22)18-11-10-14(3)16(5)12-18/h7-13,17H,1-6H3,(H,23,28). The molecule has 0 aliphatic rings. The molecule has 0 aliphatic heterocycles. The zero-order valence-electron chi connectivity index (χ0n) is 17.7. The van der Waals surface area contributed by atoms with Crippen LogP contribution in [0.25, 0.3) is 5.69 Å². The monoisotopic (exact) mass is 409 g/mol. The molecule has 1 N–H and O–H groups in total. The Morgan fingerprint density at radius 3 is 2.48 bits per heavy atom. The second kappa shape index (κ2) is 8.78. The van der Waals surface area contributed by atoms with Crippen molar-refractivity contribution < 1.29 is 4.79 Å². The van der Waals surface area contributed by atoms with Gasteiger partial charge in [0.15, 0.2) is 0 Å². The highest BCUT2D eigenvalue weighted by atomic mass is 32.2. The molecule has 1 heterocycles. The number of hydrogen-bond donors (Lipinski definition) is 1. The van der Waals surface area contributed by atoms with Crippen LogP contribution in [0.2, 0.25) is 0 Å². The van der Waals surface area contributed by atoms with Crippen LogP contribution in [0.5, 0.6) is 0 Å². The van der Waals surface area contributed by atoms with Crippen LogP contribution in [0.15, 0.2) is 41.6 Å². The molecule has 0 bridgehead atoms. The Balaban J connectivity index is 1.78. The number of rotatable bonds is 6. The molecule has 0 aliphatic carbocycles. The first-order valence-corrected chi connectivity index (χ1v) is 10.6. The normalized spacial score (nSPS) is 12.2. The van der Waals surface area contributed by atoms with Gasteiger partial charge in [0.1, 0.15) is 0 Å². The lowest BCUT2D eigenvalue weighted by Crippen LogP contribution is -2.24. The third kappa shape index (κ3) is 4.67. The summed E-state index contributed by atoms with van der Waals surface area (Å²) in [6.45, 7) is 12.3. The molecule has 0 spiro atoms. The van der Waals surface area contributed by atoms with Gasteiger partial charge in [-0.25, -0.2) is 0 Å². The number of carbonyl (C=O) groups excluding carboxylic acids is 1. The summed E-state index contributed by atoms with van der Waals surface area (Å²) in [5.41, 5.74) is 6.35. The molecule has 1 aromatic heterocycles. The van der Waals surface area contributed by atoms with E-state index in [0.29, 0.717) is 11.1 Å². The largest absolute Gasteiger partial charge is 0.325 e. The number of benzene rings is 2. The fourth-order valence-corrected chi connectivity index (χ4v) is 3.86. The molecule has 1 atom stereocenters. The van der Waals surface area contributed by atoms with Crippen molar-refractivity contribution in [1.29, 1.82) is 0 Å². The number of para-hydroxylation sites is 1. The molecule has 2 aromatic carbocycles.